The number of fused-ring (bicyclic) bond motifs is 1. The van der Waals surface area contributed by atoms with Crippen LogP contribution in [-0.2, 0) is 19.2 Å². The summed E-state index contributed by atoms with van der Waals surface area (Å²) in [6, 6.07) is 6.95. The number of aromatic nitrogens is 1. The fourth-order valence-electron chi connectivity index (χ4n) is 5.43. The lowest BCUT2D eigenvalue weighted by atomic mass is 9.91. The molecule has 3 atom stereocenters. The third-order valence-corrected chi connectivity index (χ3v) is 7.68. The van der Waals surface area contributed by atoms with Gasteiger partial charge >= 0.3 is 0 Å². The maximum atomic E-state index is 13.7. The zero-order valence-electron chi connectivity index (χ0n) is 22.1. The number of carbonyl (C=O) groups is 4. The Kier molecular flexibility index (Phi) is 6.68. The molecule has 210 valence electrons. The maximum Gasteiger partial charge on any atom is 0.289 e. The first-order valence-corrected chi connectivity index (χ1v) is 13.6. The van der Waals surface area contributed by atoms with E-state index in [1.54, 1.807) is 24.4 Å². The number of nitrogens with one attached hydrogen (secondary N) is 3. The summed E-state index contributed by atoms with van der Waals surface area (Å²) in [6.45, 7) is 2.15. The summed E-state index contributed by atoms with van der Waals surface area (Å²) in [6.07, 6.45) is 4.76. The van der Waals surface area contributed by atoms with E-state index in [0.717, 1.165) is 18.4 Å². The van der Waals surface area contributed by atoms with E-state index >= 15 is 0 Å². The number of ether oxygens (including phenoxy) is 2. The molecule has 0 bridgehead atoms. The number of ketones is 1. The molecule has 4 aliphatic rings. The predicted molar refractivity (Wildman–Crippen MR) is 141 cm³/mol. The number of hydrogen-bond donors (Lipinski definition) is 3. The highest BCUT2D eigenvalue weighted by Crippen LogP contribution is 2.41. The third kappa shape index (κ3) is 5.01. The predicted octanol–water partition coefficient (Wildman–Crippen LogP) is 1.65. The molecule has 40 heavy (non-hydrogen) atoms. The normalized spacial score (nSPS) is 23.5. The van der Waals surface area contributed by atoms with Gasteiger partial charge in [0.05, 0.1) is 18.3 Å². The number of rotatable bonds is 9. The van der Waals surface area contributed by atoms with Crippen LogP contribution in [0.3, 0.4) is 0 Å². The molecule has 6 rings (SSSR count). The van der Waals surface area contributed by atoms with Crippen LogP contribution >= 0.6 is 0 Å². The number of benzene rings is 1. The Morgan fingerprint density at radius 3 is 2.75 bits per heavy atom. The minimum Gasteiger partial charge on any atom is -0.454 e. The number of Topliss-reactive ketones (excluding diaryl/α,β-unsaturated/α-hetero) is 1. The molecule has 1 aliphatic carbocycles. The Bertz CT molecular complexity index is 1370. The zero-order valence-corrected chi connectivity index (χ0v) is 22.1. The highest BCUT2D eigenvalue weighted by Gasteiger charge is 2.54. The summed E-state index contributed by atoms with van der Waals surface area (Å²) in [5.41, 5.74) is 0.868. The molecule has 1 aromatic heterocycles. The van der Waals surface area contributed by atoms with Crippen LogP contribution in [0.4, 0.5) is 0 Å². The van der Waals surface area contributed by atoms with E-state index in [0.29, 0.717) is 42.2 Å². The second kappa shape index (κ2) is 10.3. The Morgan fingerprint density at radius 1 is 1.18 bits per heavy atom. The minimum atomic E-state index is -0.986. The molecule has 1 aromatic carbocycles. The Morgan fingerprint density at radius 2 is 2.00 bits per heavy atom. The van der Waals surface area contributed by atoms with Crippen molar-refractivity contribution in [1.29, 1.82) is 0 Å². The number of oxime groups is 1. The number of carbonyl (C=O) groups excluding carboxylic acids is 4. The van der Waals surface area contributed by atoms with Crippen LogP contribution in [0, 0.1) is 0 Å². The van der Waals surface area contributed by atoms with Gasteiger partial charge in [-0.15, -0.1) is 0 Å². The number of nitrogens with zero attached hydrogens (tertiary/aromatic N) is 2. The van der Waals surface area contributed by atoms with Crippen molar-refractivity contribution in [3.05, 3.63) is 47.8 Å². The Hall–Kier alpha value is -4.35. The number of amides is 3. The second-order valence-electron chi connectivity index (χ2n) is 10.8. The van der Waals surface area contributed by atoms with Crippen molar-refractivity contribution in [2.75, 3.05) is 13.3 Å². The van der Waals surface area contributed by atoms with E-state index in [1.807, 2.05) is 19.1 Å². The van der Waals surface area contributed by atoms with Crippen LogP contribution in [0.25, 0.3) is 0 Å². The molecule has 2 aromatic rings. The molecule has 1 spiro atoms. The molecular formula is C28H31N5O7. The van der Waals surface area contributed by atoms with Crippen molar-refractivity contribution < 1.29 is 33.5 Å². The number of hydrogen-bond acceptors (Lipinski definition) is 8. The van der Waals surface area contributed by atoms with Gasteiger partial charge in [0.25, 0.3) is 11.8 Å². The van der Waals surface area contributed by atoms with Gasteiger partial charge in [-0.3, -0.25) is 19.2 Å². The smallest absolute Gasteiger partial charge is 0.289 e. The van der Waals surface area contributed by atoms with Crippen LogP contribution < -0.4 is 20.1 Å². The molecule has 4 heterocycles. The quantitative estimate of drug-likeness (QED) is 0.402. The molecule has 12 nitrogen and oxygen atoms in total. The summed E-state index contributed by atoms with van der Waals surface area (Å²) in [7, 11) is 0. The number of H-pyrrole nitrogens is 1. The fraction of sp³-hybridized carbons (Fsp3) is 0.464. The van der Waals surface area contributed by atoms with E-state index in [4.69, 9.17) is 14.3 Å². The summed E-state index contributed by atoms with van der Waals surface area (Å²) in [5.74, 6) is -0.979. The van der Waals surface area contributed by atoms with Crippen molar-refractivity contribution in [2.24, 2.45) is 5.16 Å². The third-order valence-electron chi connectivity index (χ3n) is 7.68. The first-order chi connectivity index (χ1) is 19.4. The van der Waals surface area contributed by atoms with Gasteiger partial charge < -0.3 is 34.8 Å². The van der Waals surface area contributed by atoms with Gasteiger partial charge in [0, 0.05) is 30.6 Å². The Balaban J connectivity index is 1.21. The molecule has 1 saturated heterocycles. The van der Waals surface area contributed by atoms with Crippen LogP contribution in [0.5, 0.6) is 11.5 Å². The van der Waals surface area contributed by atoms with Crippen molar-refractivity contribution in [3.8, 4) is 11.5 Å². The molecule has 3 N–H and O–H groups in total. The molecule has 1 saturated carbocycles. The maximum absolute atomic E-state index is 13.7. The molecule has 2 fully saturated rings. The van der Waals surface area contributed by atoms with Gasteiger partial charge in [0.2, 0.25) is 18.5 Å². The van der Waals surface area contributed by atoms with Crippen molar-refractivity contribution >= 4 is 29.2 Å². The van der Waals surface area contributed by atoms with E-state index in [2.05, 4.69) is 20.8 Å². The van der Waals surface area contributed by atoms with E-state index in [9.17, 15) is 19.2 Å². The largest absolute Gasteiger partial charge is 0.454 e. The van der Waals surface area contributed by atoms with Crippen LogP contribution in [-0.4, -0.2) is 76.2 Å². The van der Waals surface area contributed by atoms with Crippen LogP contribution in [0.2, 0.25) is 0 Å². The van der Waals surface area contributed by atoms with Crippen molar-refractivity contribution in [3.63, 3.8) is 0 Å². The highest BCUT2D eigenvalue weighted by atomic mass is 16.7. The number of likely N-dealkylation sites (tertiary alicyclic amines) is 1. The second-order valence-corrected chi connectivity index (χ2v) is 10.8. The summed E-state index contributed by atoms with van der Waals surface area (Å²) in [4.78, 5) is 62.8. The summed E-state index contributed by atoms with van der Waals surface area (Å²) >= 11 is 0. The zero-order chi connectivity index (χ0) is 27.9. The topological polar surface area (TPSA) is 151 Å². The monoisotopic (exact) mass is 549 g/mol. The fourth-order valence-corrected chi connectivity index (χ4v) is 5.43. The van der Waals surface area contributed by atoms with Gasteiger partial charge in [0.15, 0.2) is 17.1 Å². The lowest BCUT2D eigenvalue weighted by Gasteiger charge is -2.25. The SMILES string of the molecule is CCC[C@H](NC(=O)[C@@H]1CC2(CC(c3ccc4c(c3)OCO4)=NO2)CN1C(=O)c1ccc[nH]1)C(=O)C(=O)NC1CC1. The molecule has 3 amide bonds. The first kappa shape index (κ1) is 25.9. The highest BCUT2D eigenvalue weighted by molar-refractivity contribution is 6.38. The van der Waals surface area contributed by atoms with Crippen molar-refractivity contribution in [2.45, 2.75) is 69.2 Å². The van der Waals surface area contributed by atoms with Gasteiger partial charge in [-0.1, -0.05) is 18.5 Å². The van der Waals surface area contributed by atoms with Gasteiger partial charge in [-0.25, -0.2) is 0 Å². The number of aromatic amines is 1. The molecule has 12 heteroatoms. The lowest BCUT2D eigenvalue weighted by Crippen LogP contribution is -2.53. The minimum absolute atomic E-state index is 0.0245. The summed E-state index contributed by atoms with van der Waals surface area (Å²) in [5, 5.41) is 9.79. The van der Waals surface area contributed by atoms with Gasteiger partial charge in [-0.05, 0) is 49.6 Å². The Labute approximate surface area is 230 Å². The standard InChI is InChI=1S/C28H31N5O7/c1-2-4-18(24(34)26(36)30-17-7-8-17)31-25(35)21-13-28(14-33(21)27(37)19-5-3-10-29-19)12-20(32-40-28)16-6-9-22-23(11-16)39-15-38-22/h3,5-6,9-11,17-18,21,29H,2,4,7-8,12-15H2,1H3,(H,30,36)(H,31,35)/t18-,21-,28?/m0/s1. The molecular weight excluding hydrogens is 518 g/mol. The summed E-state index contributed by atoms with van der Waals surface area (Å²) < 4.78 is 10.9. The molecule has 3 aliphatic heterocycles. The van der Waals surface area contributed by atoms with E-state index in [-0.39, 0.29) is 31.7 Å². The average Bonchev–Trinajstić information content (AvgIpc) is 3.42. The van der Waals surface area contributed by atoms with Crippen LogP contribution in [0.15, 0.2) is 41.7 Å². The van der Waals surface area contributed by atoms with E-state index < -0.39 is 35.3 Å². The van der Waals surface area contributed by atoms with E-state index in [1.165, 1.54) is 4.90 Å². The van der Waals surface area contributed by atoms with Crippen molar-refractivity contribution in [1.82, 2.24) is 20.5 Å². The first-order valence-electron chi connectivity index (χ1n) is 13.6. The lowest BCUT2D eigenvalue weighted by molar-refractivity contribution is -0.140. The molecule has 1 unspecified atom stereocenters. The molecule has 0 radical (unpaired) electrons. The van der Waals surface area contributed by atoms with Gasteiger partial charge in [0.1, 0.15) is 11.7 Å². The average molecular weight is 550 g/mol. The van der Waals surface area contributed by atoms with Crippen LogP contribution in [0.1, 0.15) is 61.5 Å². The van der Waals surface area contributed by atoms with Gasteiger partial charge in [-0.2, -0.15) is 0 Å².